The first-order valence-electron chi connectivity index (χ1n) is 13.2. The van der Waals surface area contributed by atoms with E-state index in [9.17, 15) is 13.2 Å². The van der Waals surface area contributed by atoms with Gasteiger partial charge in [0, 0.05) is 17.3 Å². The van der Waals surface area contributed by atoms with E-state index < -0.39 is 15.9 Å². The summed E-state index contributed by atoms with van der Waals surface area (Å²) in [5.74, 6) is 0.500. The van der Waals surface area contributed by atoms with Gasteiger partial charge in [-0.15, -0.1) is 0 Å². The third-order valence-electron chi connectivity index (χ3n) is 7.10. The van der Waals surface area contributed by atoms with Crippen molar-refractivity contribution in [3.63, 3.8) is 0 Å². The number of sulfone groups is 1. The maximum atomic E-state index is 13.4. The van der Waals surface area contributed by atoms with E-state index in [-0.39, 0.29) is 17.4 Å². The third kappa shape index (κ3) is 6.00. The molecular weight excluding hydrogens is 575 g/mol. The van der Waals surface area contributed by atoms with Crippen LogP contribution < -0.4 is 4.74 Å². The van der Waals surface area contributed by atoms with E-state index in [0.29, 0.717) is 27.9 Å². The first-order chi connectivity index (χ1) is 19.8. The van der Waals surface area contributed by atoms with Gasteiger partial charge in [0.15, 0.2) is 9.84 Å². The summed E-state index contributed by atoms with van der Waals surface area (Å²) in [6, 6.07) is 25.3. The lowest BCUT2D eigenvalue weighted by atomic mass is 10.1. The lowest BCUT2D eigenvalue weighted by Crippen LogP contribution is -2.39. The average Bonchev–Trinajstić information content (AvgIpc) is 3.63. The van der Waals surface area contributed by atoms with Crippen LogP contribution in [0.3, 0.4) is 0 Å². The summed E-state index contributed by atoms with van der Waals surface area (Å²) in [7, 11) is -3.16. The topological polar surface area (TPSA) is 81.5 Å². The van der Waals surface area contributed by atoms with Gasteiger partial charge in [-0.2, -0.15) is 5.10 Å². The number of thiocarbonyl (C=S) groups is 1. The summed E-state index contributed by atoms with van der Waals surface area (Å²) < 4.78 is 32.3. The average molecular weight is 602 g/mol. The van der Waals surface area contributed by atoms with E-state index in [0.717, 1.165) is 28.1 Å². The molecule has 0 radical (unpaired) electrons. The highest BCUT2D eigenvalue weighted by Crippen LogP contribution is 2.38. The van der Waals surface area contributed by atoms with Crippen molar-refractivity contribution in [2.45, 2.75) is 26.0 Å². The number of benzene rings is 3. The Kier molecular flexibility index (Phi) is 7.54. The van der Waals surface area contributed by atoms with Gasteiger partial charge >= 0.3 is 0 Å². The van der Waals surface area contributed by atoms with Crippen molar-refractivity contribution in [2.75, 3.05) is 11.5 Å². The molecule has 1 atom stereocenters. The van der Waals surface area contributed by atoms with Crippen LogP contribution in [0.4, 0.5) is 0 Å². The Hall–Kier alpha value is -3.73. The first kappa shape index (κ1) is 27.4. The zero-order chi connectivity index (χ0) is 28.6. The first-order valence-corrected chi connectivity index (χ1v) is 16.2. The zero-order valence-corrected chi connectivity index (χ0v) is 24.7. The molecule has 1 aromatic heterocycles. The highest BCUT2D eigenvalue weighted by molar-refractivity contribution is 8.26. The van der Waals surface area contributed by atoms with Crippen molar-refractivity contribution >= 4 is 50.1 Å². The van der Waals surface area contributed by atoms with Crippen LogP contribution in [0.25, 0.3) is 23.0 Å². The lowest BCUT2D eigenvalue weighted by Gasteiger charge is -2.20. The molecule has 1 amide bonds. The number of nitrogens with zero attached hydrogens (tertiary/aromatic N) is 3. The molecule has 0 saturated carbocycles. The summed E-state index contributed by atoms with van der Waals surface area (Å²) in [6.45, 7) is 2.53. The van der Waals surface area contributed by atoms with Crippen molar-refractivity contribution in [1.29, 1.82) is 0 Å². The van der Waals surface area contributed by atoms with Crippen molar-refractivity contribution in [1.82, 2.24) is 14.7 Å². The van der Waals surface area contributed by atoms with Crippen LogP contribution in [0.2, 0.25) is 0 Å². The Morgan fingerprint density at radius 3 is 2.46 bits per heavy atom. The van der Waals surface area contributed by atoms with Gasteiger partial charge in [-0.05, 0) is 61.4 Å². The number of hydrogen-bond acceptors (Lipinski definition) is 7. The predicted octanol–water partition coefficient (Wildman–Crippen LogP) is 5.82. The fraction of sp³-hybridized carbons (Fsp3) is 0.194. The molecule has 3 heterocycles. The molecule has 208 valence electrons. The van der Waals surface area contributed by atoms with Gasteiger partial charge in [0.25, 0.3) is 5.91 Å². The summed E-state index contributed by atoms with van der Waals surface area (Å²) in [6.07, 6.45) is 4.09. The minimum atomic E-state index is -3.16. The Morgan fingerprint density at radius 2 is 1.78 bits per heavy atom. The Labute approximate surface area is 248 Å². The lowest BCUT2D eigenvalue weighted by molar-refractivity contribution is -0.123. The van der Waals surface area contributed by atoms with E-state index >= 15 is 0 Å². The second kappa shape index (κ2) is 11.3. The molecule has 2 aliphatic heterocycles. The largest absolute Gasteiger partial charge is 0.489 e. The second-order valence-electron chi connectivity index (χ2n) is 10.1. The number of para-hydroxylation sites is 1. The maximum absolute atomic E-state index is 13.4. The Balaban J connectivity index is 1.29. The minimum absolute atomic E-state index is 0.0533. The van der Waals surface area contributed by atoms with Crippen molar-refractivity contribution < 1.29 is 17.9 Å². The highest BCUT2D eigenvalue weighted by atomic mass is 32.2. The van der Waals surface area contributed by atoms with Crippen molar-refractivity contribution in [3.05, 3.63) is 107 Å². The third-order valence-corrected chi connectivity index (χ3v) is 10.2. The minimum Gasteiger partial charge on any atom is -0.489 e. The van der Waals surface area contributed by atoms with Gasteiger partial charge < -0.3 is 4.74 Å². The molecule has 0 N–H and O–H groups in total. The molecule has 4 aromatic rings. The number of carbonyl (C=O) groups is 1. The van der Waals surface area contributed by atoms with Crippen molar-refractivity contribution in [2.24, 2.45) is 0 Å². The number of rotatable bonds is 7. The fourth-order valence-corrected chi connectivity index (χ4v) is 8.00. The van der Waals surface area contributed by atoms with Crippen LogP contribution in [0, 0.1) is 6.92 Å². The number of aryl methyl sites for hydroxylation is 1. The molecule has 0 aliphatic carbocycles. The van der Waals surface area contributed by atoms with E-state index in [4.69, 9.17) is 22.1 Å². The summed E-state index contributed by atoms with van der Waals surface area (Å²) >= 11 is 6.71. The predicted molar refractivity (Wildman–Crippen MR) is 167 cm³/mol. The number of hydrogen-bond donors (Lipinski definition) is 0. The fourth-order valence-electron chi connectivity index (χ4n) is 4.91. The van der Waals surface area contributed by atoms with Gasteiger partial charge in [0.1, 0.15) is 16.7 Å². The van der Waals surface area contributed by atoms with E-state index in [1.165, 1.54) is 22.2 Å². The molecule has 7 nitrogen and oxygen atoms in total. The molecule has 6 rings (SSSR count). The Bertz CT molecular complexity index is 1750. The molecule has 1 unspecified atom stereocenters. The molecular formula is C31H27N3O4S3. The molecule has 0 spiro atoms. The molecule has 3 aromatic carbocycles. The quantitative estimate of drug-likeness (QED) is 0.195. The van der Waals surface area contributed by atoms with Crippen LogP contribution in [-0.2, 0) is 21.2 Å². The number of ether oxygens (including phenoxy) is 1. The summed E-state index contributed by atoms with van der Waals surface area (Å²) in [5.41, 5.74) is 5.50. The number of carbonyl (C=O) groups excluding carboxylic acids is 1. The maximum Gasteiger partial charge on any atom is 0.266 e. The van der Waals surface area contributed by atoms with Crippen molar-refractivity contribution in [3.8, 4) is 22.7 Å². The van der Waals surface area contributed by atoms with Gasteiger partial charge in [-0.25, -0.2) is 13.1 Å². The van der Waals surface area contributed by atoms with E-state index in [2.05, 4.69) is 31.2 Å². The molecule has 0 bridgehead atoms. The SMILES string of the molecule is Cc1ccc(COc2ccc(-c3nn(-c4ccccc4)cc3C=C3SC(=S)N(C4CCS(=O)(=O)C4)C3=O)cc2)cc1. The van der Waals surface area contributed by atoms with E-state index in [1.807, 2.05) is 60.8 Å². The van der Waals surface area contributed by atoms with Gasteiger partial charge in [-0.1, -0.05) is 72.0 Å². The summed E-state index contributed by atoms with van der Waals surface area (Å²) in [5, 5.41) is 4.87. The number of aromatic nitrogens is 2. The molecule has 2 aliphatic rings. The van der Waals surface area contributed by atoms with Gasteiger partial charge in [0.2, 0.25) is 0 Å². The zero-order valence-electron chi connectivity index (χ0n) is 22.3. The number of amides is 1. The summed E-state index contributed by atoms with van der Waals surface area (Å²) in [4.78, 5) is 15.3. The molecule has 2 fully saturated rings. The Morgan fingerprint density at radius 1 is 1.05 bits per heavy atom. The van der Waals surface area contributed by atoms with Crippen LogP contribution in [0.1, 0.15) is 23.1 Å². The number of thioether (sulfide) groups is 1. The van der Waals surface area contributed by atoms with Gasteiger partial charge in [-0.3, -0.25) is 9.69 Å². The molecule has 10 heteroatoms. The standard InChI is InChI=1S/C31H27N3O4S3/c1-21-7-9-22(10-8-21)19-38-27-13-11-23(12-14-27)29-24(18-33(32-29)25-5-3-2-4-6-25)17-28-30(35)34(31(39)40-28)26-15-16-41(36,37)20-26/h2-14,17-18,26H,15-16,19-20H2,1H3. The normalized spacial score (nSPS) is 19.3. The smallest absolute Gasteiger partial charge is 0.266 e. The van der Waals surface area contributed by atoms with Crippen LogP contribution in [0.15, 0.2) is 90.0 Å². The van der Waals surface area contributed by atoms with E-state index in [1.54, 1.807) is 10.8 Å². The van der Waals surface area contributed by atoms with Crippen LogP contribution >= 0.6 is 24.0 Å². The highest BCUT2D eigenvalue weighted by Gasteiger charge is 2.42. The molecule has 41 heavy (non-hydrogen) atoms. The van der Waals surface area contributed by atoms with Gasteiger partial charge in [0.05, 0.1) is 33.8 Å². The van der Waals surface area contributed by atoms with Crippen LogP contribution in [-0.4, -0.2) is 50.9 Å². The molecule has 2 saturated heterocycles. The van der Waals surface area contributed by atoms with Crippen LogP contribution in [0.5, 0.6) is 5.75 Å². The monoisotopic (exact) mass is 601 g/mol. The second-order valence-corrected chi connectivity index (χ2v) is 14.0.